The first-order chi connectivity index (χ1) is 16.3. The van der Waals surface area contributed by atoms with Crippen molar-refractivity contribution in [1.82, 2.24) is 19.9 Å². The molecule has 0 N–H and O–H groups in total. The third-order valence-corrected chi connectivity index (χ3v) is 7.56. The third-order valence-electron chi connectivity index (χ3n) is 7.56. The van der Waals surface area contributed by atoms with E-state index in [2.05, 4.69) is 46.3 Å². The zero-order chi connectivity index (χ0) is 22.2. The summed E-state index contributed by atoms with van der Waals surface area (Å²) in [6.45, 7) is 1.60. The van der Waals surface area contributed by atoms with Gasteiger partial charge in [-0.1, -0.05) is 42.5 Å². The summed E-state index contributed by atoms with van der Waals surface area (Å²) in [6, 6.07) is 14.2. The summed E-state index contributed by atoms with van der Waals surface area (Å²) in [7, 11) is 0. The van der Waals surface area contributed by atoms with Crippen LogP contribution in [0.5, 0.6) is 0 Å². The van der Waals surface area contributed by atoms with Crippen molar-refractivity contribution in [2.75, 3.05) is 13.1 Å². The number of aromatic nitrogens is 3. The van der Waals surface area contributed by atoms with Crippen LogP contribution in [0.15, 0.2) is 73.2 Å². The molecule has 1 saturated carbocycles. The molecule has 0 radical (unpaired) electrons. The molecule has 4 atom stereocenters. The fourth-order valence-corrected chi connectivity index (χ4v) is 5.89. The summed E-state index contributed by atoms with van der Waals surface area (Å²) in [5, 5.41) is 0. The molecule has 3 heterocycles. The van der Waals surface area contributed by atoms with Gasteiger partial charge in [0.2, 0.25) is 5.91 Å². The Morgan fingerprint density at radius 3 is 2.58 bits per heavy atom. The molecule has 2 fully saturated rings. The molecule has 166 valence electrons. The van der Waals surface area contributed by atoms with Gasteiger partial charge >= 0.3 is 0 Å². The molecule has 2 bridgehead atoms. The van der Waals surface area contributed by atoms with Crippen LogP contribution in [0.3, 0.4) is 0 Å². The lowest BCUT2D eigenvalue weighted by Crippen LogP contribution is -2.43. The maximum absolute atomic E-state index is 13.5. The van der Waals surface area contributed by atoms with Gasteiger partial charge in [-0.25, -0.2) is 9.97 Å². The topological polar surface area (TPSA) is 59.0 Å². The SMILES string of the molecule is O=C([C@H]1C[C@@H]2C=C[C@H]1C2)N1CCC[C@@H](c2nc(-c3ccncc3)ncc2-c2ccccc2)C1. The Bertz CT molecular complexity index is 1180. The second-order valence-corrected chi connectivity index (χ2v) is 9.60. The zero-order valence-corrected chi connectivity index (χ0v) is 18.7. The third kappa shape index (κ3) is 3.86. The van der Waals surface area contributed by atoms with Crippen LogP contribution in [-0.4, -0.2) is 38.8 Å². The van der Waals surface area contributed by atoms with Crippen LogP contribution in [0.4, 0.5) is 0 Å². The van der Waals surface area contributed by atoms with Crippen LogP contribution in [0.2, 0.25) is 0 Å². The molecule has 1 aromatic carbocycles. The number of pyridine rings is 1. The van der Waals surface area contributed by atoms with Gasteiger partial charge in [-0.15, -0.1) is 0 Å². The van der Waals surface area contributed by atoms with Gasteiger partial charge in [-0.3, -0.25) is 9.78 Å². The van der Waals surface area contributed by atoms with E-state index in [1.165, 1.54) is 0 Å². The van der Waals surface area contributed by atoms with Crippen molar-refractivity contribution in [3.8, 4) is 22.5 Å². The van der Waals surface area contributed by atoms with Crippen molar-refractivity contribution < 1.29 is 4.79 Å². The minimum Gasteiger partial charge on any atom is -0.342 e. The predicted octanol–water partition coefficient (Wildman–Crippen LogP) is 5.12. The number of carbonyl (C=O) groups excluding carboxylic acids is 1. The molecule has 3 aliphatic rings. The number of rotatable bonds is 4. The maximum Gasteiger partial charge on any atom is 0.226 e. The van der Waals surface area contributed by atoms with Gasteiger partial charge in [-0.05, 0) is 55.2 Å². The Balaban J connectivity index is 1.33. The minimum absolute atomic E-state index is 0.171. The second-order valence-electron chi connectivity index (χ2n) is 9.60. The van der Waals surface area contributed by atoms with E-state index in [1.54, 1.807) is 12.4 Å². The van der Waals surface area contributed by atoms with E-state index >= 15 is 0 Å². The number of benzene rings is 1. The van der Waals surface area contributed by atoms with E-state index in [4.69, 9.17) is 9.97 Å². The van der Waals surface area contributed by atoms with Gasteiger partial charge in [0.1, 0.15) is 0 Å². The summed E-state index contributed by atoms with van der Waals surface area (Å²) < 4.78 is 0. The first-order valence-electron chi connectivity index (χ1n) is 12.1. The van der Waals surface area contributed by atoms with Gasteiger partial charge in [0.25, 0.3) is 0 Å². The number of allylic oxidation sites excluding steroid dienone is 2. The molecule has 33 heavy (non-hydrogen) atoms. The van der Waals surface area contributed by atoms with E-state index in [0.717, 1.165) is 61.2 Å². The maximum atomic E-state index is 13.5. The van der Waals surface area contributed by atoms with Crippen molar-refractivity contribution in [3.05, 3.63) is 78.9 Å². The number of amides is 1. The van der Waals surface area contributed by atoms with E-state index in [1.807, 2.05) is 24.4 Å². The van der Waals surface area contributed by atoms with Crippen molar-refractivity contribution in [2.45, 2.75) is 31.6 Å². The number of piperidine rings is 1. The molecule has 0 spiro atoms. The smallest absolute Gasteiger partial charge is 0.226 e. The summed E-state index contributed by atoms with van der Waals surface area (Å²) in [5.74, 6) is 2.50. The van der Waals surface area contributed by atoms with E-state index in [0.29, 0.717) is 23.6 Å². The van der Waals surface area contributed by atoms with Crippen LogP contribution in [0.25, 0.3) is 22.5 Å². The lowest BCUT2D eigenvalue weighted by molar-refractivity contribution is -0.137. The predicted molar refractivity (Wildman–Crippen MR) is 128 cm³/mol. The van der Waals surface area contributed by atoms with Gasteiger partial charge in [0.05, 0.1) is 5.69 Å². The van der Waals surface area contributed by atoms with Crippen molar-refractivity contribution in [3.63, 3.8) is 0 Å². The van der Waals surface area contributed by atoms with Gasteiger partial charge in [0.15, 0.2) is 5.82 Å². The van der Waals surface area contributed by atoms with Gasteiger partial charge < -0.3 is 4.90 Å². The number of carbonyl (C=O) groups is 1. The molecular formula is C28H28N4O. The number of likely N-dealkylation sites (tertiary alicyclic amines) is 1. The molecule has 2 aromatic heterocycles. The lowest BCUT2D eigenvalue weighted by Gasteiger charge is -2.36. The fraction of sp³-hybridized carbons (Fsp3) is 0.357. The molecule has 1 saturated heterocycles. The quantitative estimate of drug-likeness (QED) is 0.533. The minimum atomic E-state index is 0.171. The number of nitrogens with zero attached hydrogens (tertiary/aromatic N) is 4. The van der Waals surface area contributed by atoms with E-state index in [9.17, 15) is 4.79 Å². The lowest BCUT2D eigenvalue weighted by atomic mass is 9.87. The highest BCUT2D eigenvalue weighted by Gasteiger charge is 2.42. The molecule has 5 nitrogen and oxygen atoms in total. The molecular weight excluding hydrogens is 408 g/mol. The average Bonchev–Trinajstić information content (AvgIpc) is 3.53. The first kappa shape index (κ1) is 20.3. The Morgan fingerprint density at radius 2 is 1.82 bits per heavy atom. The Hall–Kier alpha value is -3.34. The van der Waals surface area contributed by atoms with Gasteiger partial charge in [-0.2, -0.15) is 0 Å². The highest BCUT2D eigenvalue weighted by atomic mass is 16.2. The van der Waals surface area contributed by atoms with Crippen LogP contribution in [-0.2, 0) is 4.79 Å². The summed E-state index contributed by atoms with van der Waals surface area (Å²) >= 11 is 0. The van der Waals surface area contributed by atoms with Crippen molar-refractivity contribution in [2.24, 2.45) is 17.8 Å². The molecule has 1 aliphatic heterocycles. The highest BCUT2D eigenvalue weighted by molar-refractivity contribution is 5.80. The van der Waals surface area contributed by atoms with Crippen molar-refractivity contribution >= 4 is 5.91 Å². The monoisotopic (exact) mass is 436 g/mol. The molecule has 2 aliphatic carbocycles. The van der Waals surface area contributed by atoms with Gasteiger partial charge in [0, 0.05) is 54.6 Å². The number of fused-ring (bicyclic) bond motifs is 2. The largest absolute Gasteiger partial charge is 0.342 e. The Kier molecular flexibility index (Phi) is 5.25. The van der Waals surface area contributed by atoms with Crippen LogP contribution in [0.1, 0.15) is 37.3 Å². The van der Waals surface area contributed by atoms with Crippen LogP contribution in [0, 0.1) is 17.8 Å². The number of hydrogen-bond donors (Lipinski definition) is 0. The van der Waals surface area contributed by atoms with E-state index < -0.39 is 0 Å². The molecule has 3 aromatic rings. The molecule has 5 heteroatoms. The summed E-state index contributed by atoms with van der Waals surface area (Å²) in [5.41, 5.74) is 4.20. The molecule has 0 unspecified atom stereocenters. The zero-order valence-electron chi connectivity index (χ0n) is 18.7. The Labute approximate surface area is 194 Å². The fourth-order valence-electron chi connectivity index (χ4n) is 5.89. The standard InChI is InChI=1S/C28H28N4O/c33-28(24-16-19-8-9-22(24)15-19)32-14-4-7-23(18-32)26-25(20-5-2-1-3-6-20)17-30-27(31-26)21-10-12-29-13-11-21/h1-3,5-6,8-13,17,19,22-24H,4,7,14-16,18H2/t19-,22+,23-,24+/m1/s1. The highest BCUT2D eigenvalue weighted by Crippen LogP contribution is 2.45. The van der Waals surface area contributed by atoms with Crippen LogP contribution >= 0.6 is 0 Å². The average molecular weight is 437 g/mol. The number of hydrogen-bond acceptors (Lipinski definition) is 4. The second kappa shape index (κ2) is 8.54. The summed E-state index contributed by atoms with van der Waals surface area (Å²) in [4.78, 5) is 29.5. The van der Waals surface area contributed by atoms with Crippen molar-refractivity contribution in [1.29, 1.82) is 0 Å². The first-order valence-corrected chi connectivity index (χ1v) is 12.1. The molecule has 1 amide bonds. The summed E-state index contributed by atoms with van der Waals surface area (Å²) in [6.07, 6.45) is 14.3. The Morgan fingerprint density at radius 1 is 0.970 bits per heavy atom. The van der Waals surface area contributed by atoms with E-state index in [-0.39, 0.29) is 11.8 Å². The van der Waals surface area contributed by atoms with Crippen LogP contribution < -0.4 is 0 Å². The molecule has 6 rings (SSSR count). The normalized spacial score (nSPS) is 26.0.